The Bertz CT molecular complexity index is 891. The Morgan fingerprint density at radius 3 is 2.57 bits per heavy atom. The molecule has 7 heteroatoms. The molecule has 4 rings (SSSR count). The van der Waals surface area contributed by atoms with Crippen LogP contribution in [-0.2, 0) is 15.9 Å². The van der Waals surface area contributed by atoms with Crippen LogP contribution in [0.15, 0.2) is 30.3 Å². The van der Waals surface area contributed by atoms with Gasteiger partial charge in [0.2, 0.25) is 0 Å². The van der Waals surface area contributed by atoms with Crippen LogP contribution in [0.1, 0.15) is 27.6 Å². The number of anilines is 1. The number of rotatable bonds is 5. The van der Waals surface area contributed by atoms with Gasteiger partial charge in [0.25, 0.3) is 0 Å². The molecule has 7 nitrogen and oxygen atoms in total. The predicted octanol–water partition coefficient (Wildman–Crippen LogP) is 2.70. The number of esters is 1. The Labute approximate surface area is 163 Å². The number of benzene rings is 2. The van der Waals surface area contributed by atoms with E-state index in [1.165, 1.54) is 7.11 Å². The number of carbonyl (C=O) groups excluding carboxylic acids is 1. The van der Waals surface area contributed by atoms with Crippen molar-refractivity contribution in [3.63, 3.8) is 0 Å². The topological polar surface area (TPSA) is 77.5 Å². The first-order valence-electron chi connectivity index (χ1n) is 9.22. The number of methoxy groups -OCH3 is 2. The highest BCUT2D eigenvalue weighted by Gasteiger charge is 2.34. The summed E-state index contributed by atoms with van der Waals surface area (Å²) in [5, 5.41) is 10.5. The minimum Gasteiger partial charge on any atom is -0.506 e. The molecule has 28 heavy (non-hydrogen) atoms. The van der Waals surface area contributed by atoms with Crippen LogP contribution < -0.4 is 14.4 Å². The minimum atomic E-state index is -0.455. The Hall–Kier alpha value is -2.93. The number of phenolic OH excluding ortho intramolecular Hbond substituents is 1. The van der Waals surface area contributed by atoms with Crippen molar-refractivity contribution in [2.45, 2.75) is 12.5 Å². The first kappa shape index (κ1) is 18.4. The van der Waals surface area contributed by atoms with E-state index in [4.69, 9.17) is 18.9 Å². The summed E-state index contributed by atoms with van der Waals surface area (Å²) in [7, 11) is 3.09. The summed E-state index contributed by atoms with van der Waals surface area (Å²) >= 11 is 0. The van der Waals surface area contributed by atoms with Crippen LogP contribution in [0.4, 0.5) is 5.69 Å². The van der Waals surface area contributed by atoms with Gasteiger partial charge in [-0.25, -0.2) is 4.79 Å². The van der Waals surface area contributed by atoms with E-state index in [2.05, 4.69) is 4.90 Å². The maximum absolute atomic E-state index is 12.4. The van der Waals surface area contributed by atoms with Gasteiger partial charge in [-0.3, -0.25) is 0 Å². The molecule has 2 aromatic rings. The summed E-state index contributed by atoms with van der Waals surface area (Å²) in [4.78, 5) is 14.5. The largest absolute Gasteiger partial charge is 0.506 e. The van der Waals surface area contributed by atoms with Crippen molar-refractivity contribution in [3.8, 4) is 17.2 Å². The Balaban J connectivity index is 1.68. The monoisotopic (exact) mass is 385 g/mol. The van der Waals surface area contributed by atoms with Gasteiger partial charge in [0, 0.05) is 25.1 Å². The second-order valence-electron chi connectivity index (χ2n) is 6.78. The van der Waals surface area contributed by atoms with E-state index in [9.17, 15) is 9.90 Å². The first-order chi connectivity index (χ1) is 13.6. The van der Waals surface area contributed by atoms with Gasteiger partial charge < -0.3 is 29.0 Å². The predicted molar refractivity (Wildman–Crippen MR) is 103 cm³/mol. The molecule has 2 aliphatic rings. The maximum Gasteiger partial charge on any atom is 0.339 e. The zero-order valence-electron chi connectivity index (χ0n) is 15.9. The summed E-state index contributed by atoms with van der Waals surface area (Å²) in [6, 6.07) is 8.89. The molecule has 148 valence electrons. The highest BCUT2D eigenvalue weighted by Crippen LogP contribution is 2.42. The SMILES string of the molecule is COc1cc2c(cc1OC)C(Cc1cccc(O)c1N1CCOCC1)OC2=O. The van der Waals surface area contributed by atoms with Gasteiger partial charge in [-0.15, -0.1) is 0 Å². The Morgan fingerprint density at radius 2 is 1.86 bits per heavy atom. The molecule has 1 saturated heterocycles. The molecule has 0 radical (unpaired) electrons. The number of hydrogen-bond acceptors (Lipinski definition) is 7. The lowest BCUT2D eigenvalue weighted by molar-refractivity contribution is 0.0387. The van der Waals surface area contributed by atoms with Crippen molar-refractivity contribution < 1.29 is 28.8 Å². The van der Waals surface area contributed by atoms with E-state index in [-0.39, 0.29) is 11.7 Å². The molecule has 0 bridgehead atoms. The van der Waals surface area contributed by atoms with E-state index < -0.39 is 6.10 Å². The van der Waals surface area contributed by atoms with Crippen LogP contribution >= 0.6 is 0 Å². The van der Waals surface area contributed by atoms with Crippen molar-refractivity contribution in [2.24, 2.45) is 0 Å². The van der Waals surface area contributed by atoms with Crippen molar-refractivity contribution in [2.75, 3.05) is 45.4 Å². The smallest absolute Gasteiger partial charge is 0.339 e. The summed E-state index contributed by atoms with van der Waals surface area (Å²) in [5.74, 6) is 0.879. The summed E-state index contributed by atoms with van der Waals surface area (Å²) in [6.07, 6.45) is -0.00104. The molecule has 2 heterocycles. The van der Waals surface area contributed by atoms with Crippen molar-refractivity contribution in [3.05, 3.63) is 47.0 Å². The molecule has 2 aliphatic heterocycles. The molecular formula is C21H23NO6. The number of nitrogens with zero attached hydrogens (tertiary/aromatic N) is 1. The molecule has 2 aromatic carbocycles. The molecule has 0 saturated carbocycles. The Kier molecular flexibility index (Phi) is 5.00. The number of ether oxygens (including phenoxy) is 4. The molecule has 0 spiro atoms. The van der Waals surface area contributed by atoms with E-state index in [1.54, 1.807) is 31.4 Å². The van der Waals surface area contributed by atoms with Crippen molar-refractivity contribution >= 4 is 11.7 Å². The zero-order valence-corrected chi connectivity index (χ0v) is 15.9. The number of para-hydroxylation sites is 1. The molecule has 1 N–H and O–H groups in total. The lowest BCUT2D eigenvalue weighted by atomic mass is 9.97. The molecule has 1 atom stereocenters. The van der Waals surface area contributed by atoms with Crippen molar-refractivity contribution in [1.29, 1.82) is 0 Å². The van der Waals surface area contributed by atoms with Gasteiger partial charge in [-0.1, -0.05) is 12.1 Å². The third-order valence-electron chi connectivity index (χ3n) is 5.20. The molecule has 0 aliphatic carbocycles. The molecule has 1 fully saturated rings. The van der Waals surface area contributed by atoms with E-state index in [0.717, 1.165) is 16.8 Å². The van der Waals surface area contributed by atoms with Crippen LogP contribution in [0.25, 0.3) is 0 Å². The highest BCUT2D eigenvalue weighted by molar-refractivity contribution is 5.95. The number of aromatic hydroxyl groups is 1. The maximum atomic E-state index is 12.4. The van der Waals surface area contributed by atoms with Crippen LogP contribution in [0.2, 0.25) is 0 Å². The van der Waals surface area contributed by atoms with Crippen LogP contribution in [-0.4, -0.2) is 51.6 Å². The normalized spacial score (nSPS) is 18.6. The van der Waals surface area contributed by atoms with E-state index >= 15 is 0 Å². The van der Waals surface area contributed by atoms with Gasteiger partial charge in [0.1, 0.15) is 11.9 Å². The fourth-order valence-corrected chi connectivity index (χ4v) is 3.84. The van der Waals surface area contributed by atoms with Gasteiger partial charge in [0.15, 0.2) is 11.5 Å². The van der Waals surface area contributed by atoms with Crippen LogP contribution in [0, 0.1) is 0 Å². The second kappa shape index (κ2) is 7.59. The highest BCUT2D eigenvalue weighted by atomic mass is 16.5. The summed E-state index contributed by atoms with van der Waals surface area (Å²) < 4.78 is 21.7. The number of hydrogen-bond donors (Lipinski definition) is 1. The van der Waals surface area contributed by atoms with Gasteiger partial charge in [0.05, 0.1) is 38.7 Å². The number of morpholine rings is 1. The average Bonchev–Trinajstić information content (AvgIpc) is 3.02. The lowest BCUT2D eigenvalue weighted by Crippen LogP contribution is -2.37. The molecular weight excluding hydrogens is 362 g/mol. The van der Waals surface area contributed by atoms with Crippen LogP contribution in [0.3, 0.4) is 0 Å². The van der Waals surface area contributed by atoms with E-state index in [0.29, 0.717) is 49.8 Å². The van der Waals surface area contributed by atoms with Gasteiger partial charge in [-0.2, -0.15) is 0 Å². The number of fused-ring (bicyclic) bond motifs is 1. The number of cyclic esters (lactones) is 1. The number of phenols is 1. The van der Waals surface area contributed by atoms with Gasteiger partial charge in [-0.05, 0) is 23.8 Å². The molecule has 0 aromatic heterocycles. The fraction of sp³-hybridized carbons (Fsp3) is 0.381. The standard InChI is InChI=1S/C21H23NO6/c1-25-18-11-14-15(12-19(18)26-2)21(24)28-17(14)10-13-4-3-5-16(23)20(13)22-6-8-27-9-7-22/h3-5,11-12,17,23H,6-10H2,1-2H3. The van der Waals surface area contributed by atoms with Crippen molar-refractivity contribution in [1.82, 2.24) is 0 Å². The quantitative estimate of drug-likeness (QED) is 0.793. The zero-order chi connectivity index (χ0) is 19.7. The van der Waals surface area contributed by atoms with Crippen LogP contribution in [0.5, 0.6) is 17.2 Å². The molecule has 0 amide bonds. The summed E-state index contributed by atoms with van der Waals surface area (Å²) in [6.45, 7) is 2.64. The second-order valence-corrected chi connectivity index (χ2v) is 6.78. The average molecular weight is 385 g/mol. The fourth-order valence-electron chi connectivity index (χ4n) is 3.84. The third kappa shape index (κ3) is 3.22. The van der Waals surface area contributed by atoms with E-state index in [1.807, 2.05) is 6.07 Å². The first-order valence-corrected chi connectivity index (χ1v) is 9.22. The summed E-state index contributed by atoms with van der Waals surface area (Å²) in [5.41, 5.74) is 2.94. The lowest BCUT2D eigenvalue weighted by Gasteiger charge is -2.31. The molecule has 1 unspecified atom stereocenters. The third-order valence-corrected chi connectivity index (χ3v) is 5.20. The number of carbonyl (C=O) groups is 1. The van der Waals surface area contributed by atoms with Gasteiger partial charge >= 0.3 is 5.97 Å². The minimum absolute atomic E-state index is 0.219. The Morgan fingerprint density at radius 1 is 1.14 bits per heavy atom.